The zero-order valence-corrected chi connectivity index (χ0v) is 15.1. The summed E-state index contributed by atoms with van der Waals surface area (Å²) in [7, 11) is 0. The van der Waals surface area contributed by atoms with Gasteiger partial charge in [-0.05, 0) is 48.4 Å². The Morgan fingerprint density at radius 1 is 1.17 bits per heavy atom. The van der Waals surface area contributed by atoms with Crippen LogP contribution in [0.15, 0.2) is 48.5 Å². The number of halogens is 1. The SMILES string of the molecule is Cc1ccc(N)cc1C(=O)N1CCC(c2ccccc2)C(C)C1.Cl. The van der Waals surface area contributed by atoms with E-state index in [1.54, 1.807) is 6.07 Å². The zero-order chi connectivity index (χ0) is 16.4. The average molecular weight is 345 g/mol. The summed E-state index contributed by atoms with van der Waals surface area (Å²) in [5.74, 6) is 1.09. The largest absolute Gasteiger partial charge is 0.399 e. The van der Waals surface area contributed by atoms with Crippen molar-refractivity contribution in [2.24, 2.45) is 5.92 Å². The van der Waals surface area contributed by atoms with Gasteiger partial charge < -0.3 is 10.6 Å². The summed E-state index contributed by atoms with van der Waals surface area (Å²) in [6.45, 7) is 5.81. The Kier molecular flexibility index (Phi) is 5.89. The lowest BCUT2D eigenvalue weighted by molar-refractivity contribution is 0.0660. The normalized spacial score (nSPS) is 20.3. The molecule has 0 spiro atoms. The highest BCUT2D eigenvalue weighted by atomic mass is 35.5. The van der Waals surface area contributed by atoms with E-state index in [4.69, 9.17) is 5.73 Å². The number of hydrogen-bond acceptors (Lipinski definition) is 2. The minimum Gasteiger partial charge on any atom is -0.399 e. The quantitative estimate of drug-likeness (QED) is 0.827. The molecule has 0 radical (unpaired) electrons. The summed E-state index contributed by atoms with van der Waals surface area (Å²) in [5.41, 5.74) is 9.60. The Morgan fingerprint density at radius 3 is 2.54 bits per heavy atom. The highest BCUT2D eigenvalue weighted by Gasteiger charge is 2.30. The molecule has 2 N–H and O–H groups in total. The topological polar surface area (TPSA) is 46.3 Å². The maximum absolute atomic E-state index is 12.8. The maximum atomic E-state index is 12.8. The molecule has 1 amide bonds. The van der Waals surface area contributed by atoms with E-state index in [-0.39, 0.29) is 18.3 Å². The number of carbonyl (C=O) groups excluding carboxylic acids is 1. The molecular formula is C20H25ClN2O. The summed E-state index contributed by atoms with van der Waals surface area (Å²) in [4.78, 5) is 14.8. The first-order valence-electron chi connectivity index (χ1n) is 8.26. The number of nitrogens with two attached hydrogens (primary N) is 1. The van der Waals surface area contributed by atoms with Gasteiger partial charge in [-0.2, -0.15) is 0 Å². The number of anilines is 1. The van der Waals surface area contributed by atoms with E-state index in [2.05, 4.69) is 37.3 Å². The fourth-order valence-corrected chi connectivity index (χ4v) is 3.57. The lowest BCUT2D eigenvalue weighted by atomic mass is 9.81. The molecule has 0 aliphatic carbocycles. The standard InChI is InChI=1S/C20H24N2O.ClH/c1-14-8-9-17(21)12-19(14)20(23)22-11-10-18(15(2)13-22)16-6-4-3-5-7-16;/h3-9,12,15,18H,10-11,13,21H2,1-2H3;1H. The second-order valence-corrected chi connectivity index (χ2v) is 6.61. The molecule has 2 aromatic rings. The van der Waals surface area contributed by atoms with Gasteiger partial charge in [-0.25, -0.2) is 0 Å². The molecule has 0 saturated carbocycles. The van der Waals surface area contributed by atoms with Crippen LogP contribution in [-0.2, 0) is 0 Å². The third kappa shape index (κ3) is 3.73. The van der Waals surface area contributed by atoms with Crippen molar-refractivity contribution in [1.29, 1.82) is 0 Å². The smallest absolute Gasteiger partial charge is 0.254 e. The summed E-state index contributed by atoms with van der Waals surface area (Å²) in [6, 6.07) is 16.2. The molecule has 2 aromatic carbocycles. The molecule has 128 valence electrons. The van der Waals surface area contributed by atoms with Crippen LogP contribution in [0.2, 0.25) is 0 Å². The minimum absolute atomic E-state index is 0. The molecule has 1 heterocycles. The van der Waals surface area contributed by atoms with Crippen molar-refractivity contribution >= 4 is 24.0 Å². The molecule has 24 heavy (non-hydrogen) atoms. The number of amides is 1. The van der Waals surface area contributed by atoms with Crippen molar-refractivity contribution in [2.45, 2.75) is 26.2 Å². The van der Waals surface area contributed by atoms with E-state index >= 15 is 0 Å². The Hall–Kier alpha value is -2.00. The molecule has 1 aliphatic rings. The van der Waals surface area contributed by atoms with Crippen LogP contribution in [0.5, 0.6) is 0 Å². The Labute approximate surface area is 150 Å². The molecule has 0 bridgehead atoms. The first kappa shape index (κ1) is 18.3. The number of likely N-dealkylation sites (tertiary alicyclic amines) is 1. The number of rotatable bonds is 2. The second-order valence-electron chi connectivity index (χ2n) is 6.61. The van der Waals surface area contributed by atoms with Gasteiger partial charge in [-0.15, -0.1) is 12.4 Å². The Bertz CT molecular complexity index is 702. The van der Waals surface area contributed by atoms with Gasteiger partial charge in [0.1, 0.15) is 0 Å². The third-order valence-corrected chi connectivity index (χ3v) is 4.91. The fraction of sp³-hybridized carbons (Fsp3) is 0.350. The van der Waals surface area contributed by atoms with E-state index < -0.39 is 0 Å². The lowest BCUT2D eigenvalue weighted by Gasteiger charge is -2.37. The van der Waals surface area contributed by atoms with Crippen molar-refractivity contribution in [3.8, 4) is 0 Å². The molecule has 1 fully saturated rings. The second kappa shape index (κ2) is 7.71. The first-order valence-corrected chi connectivity index (χ1v) is 8.26. The monoisotopic (exact) mass is 344 g/mol. The van der Waals surface area contributed by atoms with E-state index in [1.165, 1.54) is 5.56 Å². The van der Waals surface area contributed by atoms with E-state index in [1.807, 2.05) is 24.0 Å². The van der Waals surface area contributed by atoms with Crippen molar-refractivity contribution in [3.05, 3.63) is 65.2 Å². The first-order chi connectivity index (χ1) is 11.1. The Morgan fingerprint density at radius 2 is 1.88 bits per heavy atom. The Balaban J connectivity index is 0.00000208. The highest BCUT2D eigenvalue weighted by molar-refractivity contribution is 5.96. The number of benzene rings is 2. The van der Waals surface area contributed by atoms with Crippen molar-refractivity contribution in [1.82, 2.24) is 4.90 Å². The van der Waals surface area contributed by atoms with Crippen LogP contribution < -0.4 is 5.73 Å². The van der Waals surface area contributed by atoms with Crippen LogP contribution >= 0.6 is 12.4 Å². The molecule has 2 atom stereocenters. The summed E-state index contributed by atoms with van der Waals surface area (Å²) >= 11 is 0. The number of hydrogen-bond donors (Lipinski definition) is 1. The molecule has 0 aromatic heterocycles. The van der Waals surface area contributed by atoms with Gasteiger partial charge in [0.05, 0.1) is 0 Å². The van der Waals surface area contributed by atoms with Crippen LogP contribution in [0.1, 0.15) is 40.7 Å². The van der Waals surface area contributed by atoms with Crippen LogP contribution in [0.4, 0.5) is 5.69 Å². The number of carbonyl (C=O) groups is 1. The predicted molar refractivity (Wildman–Crippen MR) is 102 cm³/mol. The van der Waals surface area contributed by atoms with Crippen LogP contribution in [-0.4, -0.2) is 23.9 Å². The van der Waals surface area contributed by atoms with E-state index in [0.29, 0.717) is 17.5 Å². The van der Waals surface area contributed by atoms with Crippen molar-refractivity contribution in [3.63, 3.8) is 0 Å². The minimum atomic E-state index is 0. The maximum Gasteiger partial charge on any atom is 0.254 e. The molecule has 2 unspecified atom stereocenters. The third-order valence-electron chi connectivity index (χ3n) is 4.91. The molecule has 1 saturated heterocycles. The van der Waals surface area contributed by atoms with Crippen LogP contribution in [0, 0.1) is 12.8 Å². The molecule has 3 rings (SSSR count). The number of nitrogens with zero attached hydrogens (tertiary/aromatic N) is 1. The van der Waals surface area contributed by atoms with Gasteiger partial charge in [0, 0.05) is 24.3 Å². The van der Waals surface area contributed by atoms with Crippen molar-refractivity contribution in [2.75, 3.05) is 18.8 Å². The van der Waals surface area contributed by atoms with E-state index in [9.17, 15) is 4.79 Å². The van der Waals surface area contributed by atoms with Crippen LogP contribution in [0.25, 0.3) is 0 Å². The van der Waals surface area contributed by atoms with E-state index in [0.717, 1.165) is 30.6 Å². The van der Waals surface area contributed by atoms with Gasteiger partial charge >= 0.3 is 0 Å². The zero-order valence-electron chi connectivity index (χ0n) is 14.2. The summed E-state index contributed by atoms with van der Waals surface area (Å²) < 4.78 is 0. The molecular weight excluding hydrogens is 320 g/mol. The molecule has 3 nitrogen and oxygen atoms in total. The summed E-state index contributed by atoms with van der Waals surface area (Å²) in [5, 5.41) is 0. The van der Waals surface area contributed by atoms with Gasteiger partial charge in [0.25, 0.3) is 5.91 Å². The average Bonchev–Trinajstić information content (AvgIpc) is 2.57. The lowest BCUT2D eigenvalue weighted by Crippen LogP contribution is -2.42. The van der Waals surface area contributed by atoms with Gasteiger partial charge in [-0.3, -0.25) is 4.79 Å². The van der Waals surface area contributed by atoms with Gasteiger partial charge in [-0.1, -0.05) is 43.3 Å². The molecule has 4 heteroatoms. The molecule has 1 aliphatic heterocycles. The van der Waals surface area contributed by atoms with Gasteiger partial charge in [0.15, 0.2) is 0 Å². The predicted octanol–water partition coefficient (Wildman–Crippen LogP) is 4.26. The van der Waals surface area contributed by atoms with Crippen LogP contribution in [0.3, 0.4) is 0 Å². The highest BCUT2D eigenvalue weighted by Crippen LogP contribution is 2.33. The fourth-order valence-electron chi connectivity index (χ4n) is 3.57. The number of nitrogen functional groups attached to an aromatic ring is 1. The summed E-state index contributed by atoms with van der Waals surface area (Å²) in [6.07, 6.45) is 1.01. The van der Waals surface area contributed by atoms with Gasteiger partial charge in [0.2, 0.25) is 0 Å². The number of piperidine rings is 1. The van der Waals surface area contributed by atoms with Crippen molar-refractivity contribution < 1.29 is 4.79 Å². The number of aryl methyl sites for hydroxylation is 1.